The predicted octanol–water partition coefficient (Wildman–Crippen LogP) is 5.97. The molecule has 0 saturated heterocycles. The van der Waals surface area contributed by atoms with Crippen molar-refractivity contribution in [3.63, 3.8) is 0 Å². The molecule has 0 radical (unpaired) electrons. The van der Waals surface area contributed by atoms with Gasteiger partial charge in [0.25, 0.3) is 0 Å². The maximum atomic E-state index is 6.01. The van der Waals surface area contributed by atoms with Gasteiger partial charge in [0.2, 0.25) is 4.90 Å². The van der Waals surface area contributed by atoms with E-state index >= 15 is 0 Å². The van der Waals surface area contributed by atoms with E-state index in [1.807, 2.05) is 45.0 Å². The summed E-state index contributed by atoms with van der Waals surface area (Å²) in [5, 5.41) is 0. The fraction of sp³-hybridized carbons (Fsp3) is 0.217. The maximum Gasteiger partial charge on any atom is 0.208 e. The highest BCUT2D eigenvalue weighted by Crippen LogP contribution is 2.38. The van der Waals surface area contributed by atoms with Crippen molar-refractivity contribution in [2.45, 2.75) is 41.1 Å². The lowest BCUT2D eigenvalue weighted by molar-refractivity contribution is 0.130. The summed E-state index contributed by atoms with van der Waals surface area (Å²) in [5.41, 5.74) is -0.243. The van der Waals surface area contributed by atoms with Crippen molar-refractivity contribution in [1.82, 2.24) is 0 Å². The van der Waals surface area contributed by atoms with Gasteiger partial charge in [-0.3, -0.25) is 0 Å². The molecule has 3 aromatic carbocycles. The Balaban J connectivity index is 2.10. The Bertz CT molecular complexity index is 800. The Kier molecular flexibility index (Phi) is 5.58. The molecule has 3 heteroatoms. The summed E-state index contributed by atoms with van der Waals surface area (Å²) in [6, 6.07) is 27.3. The van der Waals surface area contributed by atoms with E-state index in [0.29, 0.717) is 0 Å². The van der Waals surface area contributed by atoms with Crippen molar-refractivity contribution in [1.29, 1.82) is 0 Å². The third-order valence-electron chi connectivity index (χ3n) is 3.74. The molecule has 0 aliphatic carbocycles. The van der Waals surface area contributed by atoms with Crippen molar-refractivity contribution in [2.24, 2.45) is 0 Å². The fourth-order valence-corrected chi connectivity index (χ4v) is 4.92. The van der Waals surface area contributed by atoms with Crippen LogP contribution < -0.4 is 9.47 Å². The van der Waals surface area contributed by atoms with Crippen molar-refractivity contribution in [3.8, 4) is 11.5 Å². The van der Waals surface area contributed by atoms with Gasteiger partial charge in [-0.2, -0.15) is 0 Å². The molecule has 0 aromatic heterocycles. The Morgan fingerprint density at radius 1 is 0.731 bits per heavy atom. The molecule has 0 N–H and O–H groups in total. The summed E-state index contributed by atoms with van der Waals surface area (Å²) in [6.45, 7) is 6.14. The topological polar surface area (TPSA) is 18.5 Å². The largest absolute Gasteiger partial charge is 0.491 e. The number of hydrogen-bond acceptors (Lipinski definition) is 2. The summed E-state index contributed by atoms with van der Waals surface area (Å²) < 4.78 is 11.8. The van der Waals surface area contributed by atoms with E-state index in [1.54, 1.807) is 7.11 Å². The molecule has 0 amide bonds. The SMILES string of the molecule is COc1cc(OC(C)(C)C)ccc1[S+](c1ccccc1)c1ccccc1. The van der Waals surface area contributed by atoms with Crippen LogP contribution in [0.4, 0.5) is 0 Å². The van der Waals surface area contributed by atoms with Crippen LogP contribution in [0.15, 0.2) is 93.5 Å². The fourth-order valence-electron chi connectivity index (χ4n) is 2.74. The molecule has 0 heterocycles. The minimum atomic E-state index is -0.243. The predicted molar refractivity (Wildman–Crippen MR) is 108 cm³/mol. The van der Waals surface area contributed by atoms with Crippen LogP contribution in [0.5, 0.6) is 11.5 Å². The first-order chi connectivity index (χ1) is 12.5. The van der Waals surface area contributed by atoms with E-state index in [2.05, 4.69) is 54.6 Å². The quantitative estimate of drug-likeness (QED) is 0.519. The highest BCUT2D eigenvalue weighted by molar-refractivity contribution is 7.97. The van der Waals surface area contributed by atoms with Gasteiger partial charge in [0.15, 0.2) is 15.5 Å². The van der Waals surface area contributed by atoms with Gasteiger partial charge in [-0.15, -0.1) is 0 Å². The molecule has 0 aliphatic heterocycles. The molecule has 3 aromatic rings. The number of rotatable bonds is 5. The molecule has 134 valence electrons. The molecule has 0 bridgehead atoms. The summed E-state index contributed by atoms with van der Waals surface area (Å²) in [4.78, 5) is 3.69. The van der Waals surface area contributed by atoms with E-state index in [0.717, 1.165) is 16.4 Å². The Morgan fingerprint density at radius 2 is 1.27 bits per heavy atom. The highest BCUT2D eigenvalue weighted by atomic mass is 32.2. The lowest BCUT2D eigenvalue weighted by atomic mass is 10.2. The highest BCUT2D eigenvalue weighted by Gasteiger charge is 2.32. The molecule has 0 spiro atoms. The number of methoxy groups -OCH3 is 1. The van der Waals surface area contributed by atoms with Crippen LogP contribution >= 0.6 is 0 Å². The zero-order valence-corrected chi connectivity index (χ0v) is 16.5. The van der Waals surface area contributed by atoms with E-state index in [4.69, 9.17) is 9.47 Å². The van der Waals surface area contributed by atoms with Crippen LogP contribution in [0.1, 0.15) is 20.8 Å². The first-order valence-corrected chi connectivity index (χ1v) is 9.92. The van der Waals surface area contributed by atoms with Gasteiger partial charge in [-0.1, -0.05) is 36.4 Å². The number of benzene rings is 3. The first-order valence-electron chi connectivity index (χ1n) is 8.69. The van der Waals surface area contributed by atoms with Crippen LogP contribution in [0.25, 0.3) is 0 Å². The van der Waals surface area contributed by atoms with Gasteiger partial charge in [-0.05, 0) is 51.1 Å². The average molecular weight is 366 g/mol. The van der Waals surface area contributed by atoms with Crippen LogP contribution in [-0.4, -0.2) is 12.7 Å². The lowest BCUT2D eigenvalue weighted by Gasteiger charge is -2.22. The van der Waals surface area contributed by atoms with Gasteiger partial charge in [0, 0.05) is 12.1 Å². The summed E-state index contributed by atoms with van der Waals surface area (Å²) >= 11 is 0. The summed E-state index contributed by atoms with van der Waals surface area (Å²) in [7, 11) is 1.48. The second kappa shape index (κ2) is 7.88. The zero-order chi connectivity index (χ0) is 18.6. The second-order valence-electron chi connectivity index (χ2n) is 6.96. The summed E-state index contributed by atoms with van der Waals surface area (Å²) in [6.07, 6.45) is 0. The van der Waals surface area contributed by atoms with Gasteiger partial charge < -0.3 is 9.47 Å². The van der Waals surface area contributed by atoms with Gasteiger partial charge in [-0.25, -0.2) is 0 Å². The average Bonchev–Trinajstić information content (AvgIpc) is 2.63. The van der Waals surface area contributed by atoms with Crippen LogP contribution in [0.2, 0.25) is 0 Å². The molecule has 26 heavy (non-hydrogen) atoms. The standard InChI is InChI=1S/C23H25O2S/c1-23(2,3)25-18-15-16-22(21(17-18)24-4)26(19-11-7-5-8-12-19)20-13-9-6-10-14-20/h5-17H,1-4H3/q+1. The number of ether oxygens (including phenoxy) is 2. The molecular weight excluding hydrogens is 340 g/mol. The van der Waals surface area contributed by atoms with Gasteiger partial charge in [0.1, 0.15) is 22.2 Å². The molecule has 0 unspecified atom stereocenters. The Labute approximate surface area is 159 Å². The monoisotopic (exact) mass is 365 g/mol. The molecule has 3 rings (SSSR count). The molecule has 0 atom stereocenters. The van der Waals surface area contributed by atoms with E-state index in [9.17, 15) is 0 Å². The Morgan fingerprint density at radius 3 is 1.73 bits per heavy atom. The van der Waals surface area contributed by atoms with Gasteiger partial charge in [0.05, 0.1) is 7.11 Å². The minimum Gasteiger partial charge on any atom is -0.491 e. The Hall–Kier alpha value is -2.39. The third-order valence-corrected chi connectivity index (χ3v) is 6.00. The first kappa shape index (κ1) is 18.4. The smallest absolute Gasteiger partial charge is 0.208 e. The molecule has 0 aliphatic rings. The van der Waals surface area contributed by atoms with Crippen molar-refractivity contribution in [2.75, 3.05) is 7.11 Å². The normalized spacial score (nSPS) is 11.4. The molecule has 2 nitrogen and oxygen atoms in total. The van der Waals surface area contributed by atoms with Crippen LogP contribution in [0.3, 0.4) is 0 Å². The van der Waals surface area contributed by atoms with Crippen LogP contribution in [-0.2, 0) is 10.9 Å². The second-order valence-corrected chi connectivity index (χ2v) is 8.95. The van der Waals surface area contributed by atoms with Crippen LogP contribution in [0, 0.1) is 0 Å². The van der Waals surface area contributed by atoms with Crippen molar-refractivity contribution in [3.05, 3.63) is 78.9 Å². The third kappa shape index (κ3) is 4.41. The zero-order valence-electron chi connectivity index (χ0n) is 15.7. The maximum absolute atomic E-state index is 6.01. The molecule has 0 fully saturated rings. The summed E-state index contributed by atoms with van der Waals surface area (Å²) in [5.74, 6) is 1.67. The van der Waals surface area contributed by atoms with Crippen molar-refractivity contribution < 1.29 is 9.47 Å². The van der Waals surface area contributed by atoms with E-state index in [1.165, 1.54) is 9.79 Å². The minimum absolute atomic E-state index is 0.238. The van der Waals surface area contributed by atoms with E-state index < -0.39 is 0 Å². The van der Waals surface area contributed by atoms with Crippen molar-refractivity contribution >= 4 is 10.9 Å². The number of hydrogen-bond donors (Lipinski definition) is 0. The molecular formula is C23H25O2S+. The lowest BCUT2D eigenvalue weighted by Crippen LogP contribution is -2.23. The molecule has 0 saturated carbocycles. The van der Waals surface area contributed by atoms with Gasteiger partial charge >= 0.3 is 0 Å². The van der Waals surface area contributed by atoms with E-state index in [-0.39, 0.29) is 16.5 Å².